The molecule has 19 heavy (non-hydrogen) atoms. The lowest BCUT2D eigenvalue weighted by molar-refractivity contribution is -0.149. The molecule has 0 aliphatic rings. The van der Waals surface area contributed by atoms with Gasteiger partial charge < -0.3 is 23.7 Å². The summed E-state index contributed by atoms with van der Waals surface area (Å²) in [7, 11) is 1.63. The van der Waals surface area contributed by atoms with Crippen LogP contribution in [0.25, 0.3) is 0 Å². The molecule has 6 heteroatoms. The summed E-state index contributed by atoms with van der Waals surface area (Å²) in [6.07, 6.45) is 0. The third-order valence-electron chi connectivity index (χ3n) is 2.12. The molecule has 6 nitrogen and oxygen atoms in total. The second-order valence-corrected chi connectivity index (χ2v) is 4.15. The van der Waals surface area contributed by atoms with Crippen molar-refractivity contribution in [1.82, 2.24) is 0 Å². The first-order valence-electron chi connectivity index (χ1n) is 6.57. The Hall–Kier alpha value is -0.690. The molecule has 114 valence electrons. The predicted octanol–water partition coefficient (Wildman–Crippen LogP) is 0.882. The highest BCUT2D eigenvalue weighted by molar-refractivity contribution is 5.71. The van der Waals surface area contributed by atoms with Gasteiger partial charge in [-0.15, -0.1) is 0 Å². The molecular formula is C13H26O6. The maximum atomic E-state index is 11.1. The van der Waals surface area contributed by atoms with E-state index in [1.54, 1.807) is 21.0 Å². The molecule has 0 aliphatic carbocycles. The van der Waals surface area contributed by atoms with E-state index in [-0.39, 0.29) is 18.5 Å². The number of hydrogen-bond acceptors (Lipinski definition) is 6. The van der Waals surface area contributed by atoms with Gasteiger partial charge in [0.15, 0.2) is 0 Å². The summed E-state index contributed by atoms with van der Waals surface area (Å²) < 4.78 is 25.5. The van der Waals surface area contributed by atoms with Crippen LogP contribution in [-0.4, -0.2) is 65.9 Å². The Bertz CT molecular complexity index is 207. The molecule has 0 amide bonds. The van der Waals surface area contributed by atoms with Crippen LogP contribution in [0, 0.1) is 5.92 Å². The third-order valence-corrected chi connectivity index (χ3v) is 2.12. The zero-order valence-electron chi connectivity index (χ0n) is 12.2. The van der Waals surface area contributed by atoms with Crippen LogP contribution in [0.1, 0.15) is 13.8 Å². The predicted molar refractivity (Wildman–Crippen MR) is 70.1 cm³/mol. The topological polar surface area (TPSA) is 63.2 Å². The van der Waals surface area contributed by atoms with Crippen LogP contribution in [0.2, 0.25) is 0 Å². The van der Waals surface area contributed by atoms with Crippen molar-refractivity contribution < 1.29 is 28.5 Å². The van der Waals surface area contributed by atoms with E-state index in [0.29, 0.717) is 46.2 Å². The molecule has 0 spiro atoms. The second-order valence-electron chi connectivity index (χ2n) is 4.15. The highest BCUT2D eigenvalue weighted by Crippen LogP contribution is 1.95. The fourth-order valence-corrected chi connectivity index (χ4v) is 1.05. The Morgan fingerprint density at radius 1 is 0.789 bits per heavy atom. The van der Waals surface area contributed by atoms with Crippen LogP contribution >= 0.6 is 0 Å². The van der Waals surface area contributed by atoms with Gasteiger partial charge in [0.05, 0.1) is 52.2 Å². The summed E-state index contributed by atoms with van der Waals surface area (Å²) in [5.74, 6) is -0.297. The van der Waals surface area contributed by atoms with Gasteiger partial charge in [-0.1, -0.05) is 13.8 Å². The number of ether oxygens (including phenoxy) is 5. The minimum atomic E-state index is -0.201. The van der Waals surface area contributed by atoms with Crippen molar-refractivity contribution in [3.05, 3.63) is 0 Å². The van der Waals surface area contributed by atoms with Gasteiger partial charge in [0.2, 0.25) is 0 Å². The summed E-state index contributed by atoms with van der Waals surface area (Å²) in [6, 6.07) is 0. The van der Waals surface area contributed by atoms with Gasteiger partial charge >= 0.3 is 5.97 Å². The van der Waals surface area contributed by atoms with Crippen LogP contribution in [0.4, 0.5) is 0 Å². The normalized spacial score (nSPS) is 10.9. The van der Waals surface area contributed by atoms with Gasteiger partial charge in [0, 0.05) is 7.11 Å². The lowest BCUT2D eigenvalue weighted by Crippen LogP contribution is -2.16. The molecule has 0 aliphatic heterocycles. The Morgan fingerprint density at radius 2 is 1.21 bits per heavy atom. The fraction of sp³-hybridized carbons (Fsp3) is 0.923. The summed E-state index contributed by atoms with van der Waals surface area (Å²) >= 11 is 0. The molecule has 0 fully saturated rings. The van der Waals surface area contributed by atoms with Crippen molar-refractivity contribution in [2.75, 3.05) is 60.0 Å². The molecule has 0 atom stereocenters. The number of carbonyl (C=O) groups is 1. The van der Waals surface area contributed by atoms with Crippen molar-refractivity contribution in [2.24, 2.45) is 5.92 Å². The molecule has 0 saturated carbocycles. The lowest BCUT2D eigenvalue weighted by atomic mass is 10.2. The van der Waals surface area contributed by atoms with E-state index in [0.717, 1.165) is 0 Å². The fourth-order valence-electron chi connectivity index (χ4n) is 1.05. The lowest BCUT2D eigenvalue weighted by Gasteiger charge is -2.08. The highest BCUT2D eigenvalue weighted by Gasteiger charge is 2.06. The van der Waals surface area contributed by atoms with E-state index < -0.39 is 0 Å². The number of esters is 1. The highest BCUT2D eigenvalue weighted by atomic mass is 16.6. The zero-order chi connectivity index (χ0) is 14.3. The minimum Gasteiger partial charge on any atom is -0.463 e. The van der Waals surface area contributed by atoms with E-state index in [9.17, 15) is 4.79 Å². The molecular weight excluding hydrogens is 252 g/mol. The van der Waals surface area contributed by atoms with E-state index in [1.165, 1.54) is 0 Å². The van der Waals surface area contributed by atoms with Gasteiger partial charge in [-0.25, -0.2) is 0 Å². The quantitative estimate of drug-likeness (QED) is 0.368. The van der Waals surface area contributed by atoms with Crippen molar-refractivity contribution in [3.8, 4) is 0 Å². The summed E-state index contributed by atoms with van der Waals surface area (Å²) in [5.41, 5.74) is 0. The molecule has 0 saturated heterocycles. The van der Waals surface area contributed by atoms with Crippen molar-refractivity contribution in [2.45, 2.75) is 13.8 Å². The number of rotatable bonds is 13. The molecule has 0 N–H and O–H groups in total. The van der Waals surface area contributed by atoms with Crippen LogP contribution < -0.4 is 0 Å². The zero-order valence-corrected chi connectivity index (χ0v) is 12.2. The molecule has 0 unspecified atom stereocenters. The van der Waals surface area contributed by atoms with E-state index in [1.807, 2.05) is 0 Å². The van der Waals surface area contributed by atoms with Gasteiger partial charge in [-0.3, -0.25) is 4.79 Å². The smallest absolute Gasteiger partial charge is 0.308 e. The van der Waals surface area contributed by atoms with Crippen molar-refractivity contribution in [3.63, 3.8) is 0 Å². The maximum absolute atomic E-state index is 11.1. The van der Waals surface area contributed by atoms with E-state index in [4.69, 9.17) is 23.7 Å². The largest absolute Gasteiger partial charge is 0.463 e. The van der Waals surface area contributed by atoms with Crippen LogP contribution in [-0.2, 0) is 28.5 Å². The molecule has 0 aromatic carbocycles. The van der Waals surface area contributed by atoms with Crippen LogP contribution in [0.15, 0.2) is 0 Å². The summed E-state index contributed by atoms with van der Waals surface area (Å²) in [6.45, 7) is 7.53. The monoisotopic (exact) mass is 278 g/mol. The van der Waals surface area contributed by atoms with Gasteiger partial charge in [-0.2, -0.15) is 0 Å². The first-order chi connectivity index (χ1) is 9.18. The SMILES string of the molecule is COCCOCCOCCOCCOC(=O)C(C)C. The second kappa shape index (κ2) is 13.7. The van der Waals surface area contributed by atoms with E-state index >= 15 is 0 Å². The van der Waals surface area contributed by atoms with Gasteiger partial charge in [0.25, 0.3) is 0 Å². The Morgan fingerprint density at radius 3 is 1.63 bits per heavy atom. The average Bonchev–Trinajstić information content (AvgIpc) is 2.39. The molecule has 0 aromatic rings. The summed E-state index contributed by atoms with van der Waals surface area (Å²) in [4.78, 5) is 11.1. The van der Waals surface area contributed by atoms with Gasteiger partial charge in [0.1, 0.15) is 6.61 Å². The number of hydrogen-bond donors (Lipinski definition) is 0. The molecule has 0 bridgehead atoms. The first-order valence-corrected chi connectivity index (χ1v) is 6.57. The standard InChI is InChI=1S/C13H26O6/c1-12(2)13(14)19-11-10-18-9-8-17-7-6-16-5-4-15-3/h12H,4-11H2,1-3H3. The average molecular weight is 278 g/mol. The summed E-state index contributed by atoms with van der Waals surface area (Å²) in [5, 5.41) is 0. The Kier molecular flexibility index (Phi) is 13.2. The van der Waals surface area contributed by atoms with Crippen molar-refractivity contribution >= 4 is 5.97 Å². The molecule has 0 heterocycles. The molecule has 0 aromatic heterocycles. The maximum Gasteiger partial charge on any atom is 0.308 e. The number of methoxy groups -OCH3 is 1. The van der Waals surface area contributed by atoms with Crippen LogP contribution in [0.3, 0.4) is 0 Å². The minimum absolute atomic E-state index is 0.0959. The van der Waals surface area contributed by atoms with Crippen LogP contribution in [0.5, 0.6) is 0 Å². The third kappa shape index (κ3) is 13.5. The Balaban J connectivity index is 3.05. The van der Waals surface area contributed by atoms with Gasteiger partial charge in [-0.05, 0) is 0 Å². The van der Waals surface area contributed by atoms with E-state index in [2.05, 4.69) is 0 Å². The molecule has 0 radical (unpaired) electrons. The van der Waals surface area contributed by atoms with Crippen molar-refractivity contribution in [1.29, 1.82) is 0 Å². The Labute approximate surface area is 115 Å². The number of carbonyl (C=O) groups excluding carboxylic acids is 1. The first kappa shape index (κ1) is 18.3. The molecule has 0 rings (SSSR count).